The summed E-state index contributed by atoms with van der Waals surface area (Å²) in [6, 6.07) is 13.1. The third-order valence-corrected chi connectivity index (χ3v) is 3.91. The van der Waals surface area contributed by atoms with Crippen molar-refractivity contribution in [2.75, 3.05) is 0 Å². The highest BCUT2D eigenvalue weighted by atomic mass is 79.9. The number of nitrogens with one attached hydrogen (secondary N) is 1. The highest BCUT2D eigenvalue weighted by Crippen LogP contribution is 2.22. The van der Waals surface area contributed by atoms with Crippen molar-refractivity contribution < 1.29 is 22.7 Å². The van der Waals surface area contributed by atoms with Gasteiger partial charge in [-0.2, -0.15) is 0 Å². The molecule has 0 heterocycles. The number of alkyl halides is 3. The van der Waals surface area contributed by atoms with E-state index in [4.69, 9.17) is 0 Å². The van der Waals surface area contributed by atoms with Crippen molar-refractivity contribution in [3.05, 3.63) is 64.1 Å². The first-order valence-electron chi connectivity index (χ1n) is 7.60. The van der Waals surface area contributed by atoms with Gasteiger partial charge in [0.2, 0.25) is 5.91 Å². The third-order valence-electron chi connectivity index (χ3n) is 3.38. The lowest BCUT2D eigenvalue weighted by molar-refractivity contribution is -0.274. The Labute approximate surface area is 152 Å². The Hall–Kier alpha value is -2.02. The first-order valence-corrected chi connectivity index (χ1v) is 8.39. The van der Waals surface area contributed by atoms with Crippen LogP contribution in [0, 0.1) is 0 Å². The summed E-state index contributed by atoms with van der Waals surface area (Å²) in [7, 11) is 0. The zero-order chi connectivity index (χ0) is 18.4. The molecule has 0 saturated carbocycles. The SMILES string of the molecule is CC(Cc1ccc(Br)cc1)NC(=O)Cc1ccc(OC(F)(F)F)cc1. The number of ether oxygens (including phenoxy) is 1. The summed E-state index contributed by atoms with van der Waals surface area (Å²) in [5, 5.41) is 2.88. The maximum absolute atomic E-state index is 12.1. The Morgan fingerprint density at radius 3 is 2.20 bits per heavy atom. The van der Waals surface area contributed by atoms with E-state index < -0.39 is 6.36 Å². The van der Waals surface area contributed by atoms with E-state index in [2.05, 4.69) is 26.0 Å². The van der Waals surface area contributed by atoms with Crippen molar-refractivity contribution in [2.24, 2.45) is 0 Å². The summed E-state index contributed by atoms with van der Waals surface area (Å²) >= 11 is 3.37. The summed E-state index contributed by atoms with van der Waals surface area (Å²) in [5.41, 5.74) is 1.72. The van der Waals surface area contributed by atoms with E-state index in [1.807, 2.05) is 31.2 Å². The van der Waals surface area contributed by atoms with Gasteiger partial charge in [0.1, 0.15) is 5.75 Å². The first-order chi connectivity index (χ1) is 11.7. The molecule has 0 aliphatic carbocycles. The molecule has 3 nitrogen and oxygen atoms in total. The molecule has 2 aromatic carbocycles. The van der Waals surface area contributed by atoms with Gasteiger partial charge in [-0.3, -0.25) is 4.79 Å². The highest BCUT2D eigenvalue weighted by molar-refractivity contribution is 9.10. The van der Waals surface area contributed by atoms with Crippen LogP contribution in [0.25, 0.3) is 0 Å². The number of hydrogen-bond donors (Lipinski definition) is 1. The second-order valence-corrected chi connectivity index (χ2v) is 6.58. The fourth-order valence-electron chi connectivity index (χ4n) is 2.35. The Morgan fingerprint density at radius 1 is 1.08 bits per heavy atom. The molecular formula is C18H17BrF3NO2. The zero-order valence-corrected chi connectivity index (χ0v) is 15.0. The minimum Gasteiger partial charge on any atom is -0.406 e. The van der Waals surface area contributed by atoms with Crippen LogP contribution in [-0.2, 0) is 17.6 Å². The molecule has 0 saturated heterocycles. The lowest BCUT2D eigenvalue weighted by Gasteiger charge is -2.14. The van der Waals surface area contributed by atoms with Crippen molar-refractivity contribution in [3.63, 3.8) is 0 Å². The molecule has 25 heavy (non-hydrogen) atoms. The Balaban J connectivity index is 1.83. The molecule has 1 amide bonds. The smallest absolute Gasteiger partial charge is 0.406 e. The predicted octanol–water partition coefficient (Wildman–Crippen LogP) is 4.64. The van der Waals surface area contributed by atoms with Gasteiger partial charge in [0.15, 0.2) is 0 Å². The normalized spacial score (nSPS) is 12.5. The maximum atomic E-state index is 12.1. The number of carbonyl (C=O) groups is 1. The standard InChI is InChI=1S/C18H17BrF3NO2/c1-12(10-13-2-6-15(19)7-3-13)23-17(24)11-14-4-8-16(9-5-14)25-18(20,21)22/h2-9,12H,10-11H2,1H3,(H,23,24). The van der Waals surface area contributed by atoms with Crippen LogP contribution in [0.1, 0.15) is 18.1 Å². The summed E-state index contributed by atoms with van der Waals surface area (Å²) in [6.07, 6.45) is -3.93. The highest BCUT2D eigenvalue weighted by Gasteiger charge is 2.30. The molecular weight excluding hydrogens is 399 g/mol. The molecule has 0 aliphatic heterocycles. The molecule has 1 N–H and O–H groups in total. The molecule has 0 aromatic heterocycles. The van der Waals surface area contributed by atoms with Gasteiger partial charge in [-0.1, -0.05) is 40.2 Å². The van der Waals surface area contributed by atoms with E-state index in [1.54, 1.807) is 0 Å². The van der Waals surface area contributed by atoms with Crippen molar-refractivity contribution in [2.45, 2.75) is 32.2 Å². The van der Waals surface area contributed by atoms with Crippen LogP contribution in [-0.4, -0.2) is 18.3 Å². The minimum atomic E-state index is -4.72. The van der Waals surface area contributed by atoms with E-state index in [9.17, 15) is 18.0 Å². The quantitative estimate of drug-likeness (QED) is 0.746. The van der Waals surface area contributed by atoms with Crippen LogP contribution in [0.4, 0.5) is 13.2 Å². The van der Waals surface area contributed by atoms with E-state index in [0.29, 0.717) is 12.0 Å². The summed E-state index contributed by atoms with van der Waals surface area (Å²) < 4.78 is 41.1. The van der Waals surface area contributed by atoms with Crippen LogP contribution in [0.5, 0.6) is 5.75 Å². The van der Waals surface area contributed by atoms with Gasteiger partial charge < -0.3 is 10.1 Å². The van der Waals surface area contributed by atoms with Gasteiger partial charge in [0.25, 0.3) is 0 Å². The van der Waals surface area contributed by atoms with Crippen LogP contribution >= 0.6 is 15.9 Å². The van der Waals surface area contributed by atoms with Gasteiger partial charge in [0, 0.05) is 10.5 Å². The molecule has 134 valence electrons. The van der Waals surface area contributed by atoms with Gasteiger partial charge in [-0.15, -0.1) is 13.2 Å². The predicted molar refractivity (Wildman–Crippen MR) is 92.3 cm³/mol. The first kappa shape index (κ1) is 19.3. The monoisotopic (exact) mass is 415 g/mol. The molecule has 0 fully saturated rings. The average molecular weight is 416 g/mol. The Kier molecular flexibility index (Phi) is 6.47. The summed E-state index contributed by atoms with van der Waals surface area (Å²) in [5.74, 6) is -0.491. The fraction of sp³-hybridized carbons (Fsp3) is 0.278. The van der Waals surface area contributed by atoms with E-state index >= 15 is 0 Å². The Morgan fingerprint density at radius 2 is 1.64 bits per heavy atom. The number of hydrogen-bond acceptors (Lipinski definition) is 2. The number of rotatable bonds is 6. The summed E-state index contributed by atoms with van der Waals surface area (Å²) in [6.45, 7) is 1.90. The van der Waals surface area contributed by atoms with E-state index in [0.717, 1.165) is 10.0 Å². The molecule has 0 bridgehead atoms. The third kappa shape index (κ3) is 7.17. The zero-order valence-electron chi connectivity index (χ0n) is 13.4. The maximum Gasteiger partial charge on any atom is 0.573 e. The topological polar surface area (TPSA) is 38.3 Å². The molecule has 0 radical (unpaired) electrons. The van der Waals surface area contributed by atoms with Crippen LogP contribution < -0.4 is 10.1 Å². The van der Waals surface area contributed by atoms with Gasteiger partial charge in [-0.05, 0) is 48.7 Å². The number of benzene rings is 2. The molecule has 7 heteroatoms. The fourth-order valence-corrected chi connectivity index (χ4v) is 2.61. The molecule has 1 unspecified atom stereocenters. The van der Waals surface area contributed by atoms with E-state index in [1.165, 1.54) is 24.3 Å². The van der Waals surface area contributed by atoms with Crippen LogP contribution in [0.15, 0.2) is 53.0 Å². The van der Waals surface area contributed by atoms with E-state index in [-0.39, 0.29) is 24.1 Å². The minimum absolute atomic E-state index is 0.0542. The lowest BCUT2D eigenvalue weighted by Crippen LogP contribution is -2.35. The molecule has 2 aromatic rings. The average Bonchev–Trinajstić information content (AvgIpc) is 2.50. The van der Waals surface area contributed by atoms with Crippen LogP contribution in [0.2, 0.25) is 0 Å². The second kappa shape index (κ2) is 8.38. The largest absolute Gasteiger partial charge is 0.573 e. The van der Waals surface area contributed by atoms with Gasteiger partial charge >= 0.3 is 6.36 Å². The van der Waals surface area contributed by atoms with Crippen molar-refractivity contribution in [1.82, 2.24) is 5.32 Å². The molecule has 0 spiro atoms. The van der Waals surface area contributed by atoms with Gasteiger partial charge in [-0.25, -0.2) is 0 Å². The molecule has 0 aliphatic rings. The second-order valence-electron chi connectivity index (χ2n) is 5.67. The number of amides is 1. The van der Waals surface area contributed by atoms with Crippen molar-refractivity contribution >= 4 is 21.8 Å². The van der Waals surface area contributed by atoms with Crippen LogP contribution in [0.3, 0.4) is 0 Å². The number of halogens is 4. The number of carbonyl (C=O) groups excluding carboxylic acids is 1. The van der Waals surface area contributed by atoms with Gasteiger partial charge in [0.05, 0.1) is 6.42 Å². The lowest BCUT2D eigenvalue weighted by atomic mass is 10.1. The van der Waals surface area contributed by atoms with Crippen molar-refractivity contribution in [3.8, 4) is 5.75 Å². The molecule has 2 rings (SSSR count). The molecule has 1 atom stereocenters. The summed E-state index contributed by atoms with van der Waals surface area (Å²) in [4.78, 5) is 12.1. The Bertz CT molecular complexity index is 700. The van der Waals surface area contributed by atoms with Crippen molar-refractivity contribution in [1.29, 1.82) is 0 Å².